The van der Waals surface area contributed by atoms with E-state index in [-0.39, 0.29) is 6.04 Å². The summed E-state index contributed by atoms with van der Waals surface area (Å²) in [7, 11) is 0. The van der Waals surface area contributed by atoms with Crippen LogP contribution in [0.5, 0.6) is 0 Å². The number of anilines is 1. The van der Waals surface area contributed by atoms with E-state index in [1.54, 1.807) is 6.26 Å². The molecule has 0 aromatic carbocycles. The second-order valence-electron chi connectivity index (χ2n) is 5.90. The molecule has 23 heavy (non-hydrogen) atoms. The zero-order valence-corrected chi connectivity index (χ0v) is 13.5. The molecule has 6 heteroatoms. The first-order chi connectivity index (χ1) is 11.2. The summed E-state index contributed by atoms with van der Waals surface area (Å²) < 4.78 is 5.61. The Morgan fingerprint density at radius 3 is 2.78 bits per heavy atom. The van der Waals surface area contributed by atoms with Crippen molar-refractivity contribution >= 4 is 5.82 Å². The van der Waals surface area contributed by atoms with Gasteiger partial charge in [-0.05, 0) is 57.5 Å². The summed E-state index contributed by atoms with van der Waals surface area (Å²) >= 11 is 0. The number of hydrogen-bond donors (Lipinski definition) is 1. The third kappa shape index (κ3) is 3.20. The number of nitrogens with one attached hydrogen (secondary N) is 1. The van der Waals surface area contributed by atoms with Crippen molar-refractivity contribution in [2.24, 2.45) is 0 Å². The number of nitrogens with zero attached hydrogens (tertiary/aromatic N) is 4. The van der Waals surface area contributed by atoms with Crippen LogP contribution in [0.15, 0.2) is 22.8 Å². The number of likely N-dealkylation sites (tertiary alicyclic amines) is 1. The fraction of sp³-hybridized carbons (Fsp3) is 0.471. The summed E-state index contributed by atoms with van der Waals surface area (Å²) in [6, 6.07) is 6.29. The maximum Gasteiger partial charge on any atom is 0.167 e. The van der Waals surface area contributed by atoms with Crippen LogP contribution >= 0.6 is 0 Å². The van der Waals surface area contributed by atoms with E-state index in [0.29, 0.717) is 17.9 Å². The van der Waals surface area contributed by atoms with Gasteiger partial charge < -0.3 is 9.73 Å². The molecule has 0 bridgehead atoms. The Hall–Kier alpha value is -2.39. The van der Waals surface area contributed by atoms with Gasteiger partial charge in [0.05, 0.1) is 18.0 Å². The molecule has 2 aromatic rings. The molecule has 6 nitrogen and oxygen atoms in total. The summed E-state index contributed by atoms with van der Waals surface area (Å²) in [6.45, 7) is 6.54. The molecule has 0 saturated carbocycles. The van der Waals surface area contributed by atoms with Crippen LogP contribution in [0.1, 0.15) is 41.5 Å². The van der Waals surface area contributed by atoms with Gasteiger partial charge in [0.25, 0.3) is 0 Å². The monoisotopic (exact) mass is 311 g/mol. The van der Waals surface area contributed by atoms with E-state index in [0.717, 1.165) is 30.1 Å². The SMILES string of the molecule is Cc1nnc(NC[C@@H](c2ccco2)N2CCCC2)c(C#N)c1C. The molecule has 1 atom stereocenters. The van der Waals surface area contributed by atoms with Gasteiger partial charge in [0.15, 0.2) is 5.82 Å². The predicted octanol–water partition coefficient (Wildman–Crippen LogP) is 2.81. The Labute approximate surface area is 136 Å². The van der Waals surface area contributed by atoms with E-state index in [9.17, 15) is 5.26 Å². The molecule has 1 fully saturated rings. The maximum atomic E-state index is 9.40. The second kappa shape index (κ2) is 6.80. The summed E-state index contributed by atoms with van der Waals surface area (Å²) in [5.74, 6) is 1.49. The Kier molecular flexibility index (Phi) is 4.58. The first kappa shape index (κ1) is 15.5. The van der Waals surface area contributed by atoms with E-state index < -0.39 is 0 Å². The summed E-state index contributed by atoms with van der Waals surface area (Å²) in [4.78, 5) is 2.41. The van der Waals surface area contributed by atoms with E-state index in [2.05, 4.69) is 26.5 Å². The van der Waals surface area contributed by atoms with Crippen LogP contribution in [0.4, 0.5) is 5.82 Å². The number of aromatic nitrogens is 2. The Balaban J connectivity index is 1.80. The molecule has 0 amide bonds. The normalized spacial score (nSPS) is 16.2. The molecule has 1 saturated heterocycles. The van der Waals surface area contributed by atoms with Crippen molar-refractivity contribution in [2.75, 3.05) is 25.0 Å². The lowest BCUT2D eigenvalue weighted by Gasteiger charge is -2.26. The first-order valence-corrected chi connectivity index (χ1v) is 7.96. The molecular weight excluding hydrogens is 290 g/mol. The average molecular weight is 311 g/mol. The second-order valence-corrected chi connectivity index (χ2v) is 5.90. The molecule has 1 aliphatic rings. The number of furan rings is 1. The molecule has 3 rings (SSSR count). The van der Waals surface area contributed by atoms with Crippen LogP contribution in [-0.4, -0.2) is 34.7 Å². The summed E-state index contributed by atoms with van der Waals surface area (Å²) in [6.07, 6.45) is 4.13. The smallest absolute Gasteiger partial charge is 0.167 e. The average Bonchev–Trinajstić information content (AvgIpc) is 3.25. The Morgan fingerprint density at radius 2 is 2.13 bits per heavy atom. The van der Waals surface area contributed by atoms with Gasteiger partial charge in [0.2, 0.25) is 0 Å². The van der Waals surface area contributed by atoms with Crippen molar-refractivity contribution in [2.45, 2.75) is 32.7 Å². The van der Waals surface area contributed by atoms with Crippen LogP contribution in [-0.2, 0) is 0 Å². The van der Waals surface area contributed by atoms with E-state index >= 15 is 0 Å². The predicted molar refractivity (Wildman–Crippen MR) is 87.0 cm³/mol. The highest BCUT2D eigenvalue weighted by Gasteiger charge is 2.26. The van der Waals surface area contributed by atoms with Gasteiger partial charge in [0.1, 0.15) is 17.4 Å². The van der Waals surface area contributed by atoms with Crippen molar-refractivity contribution in [1.82, 2.24) is 15.1 Å². The standard InChI is InChI=1S/C17H21N5O/c1-12-13(2)20-21-17(14(12)10-18)19-11-15(16-6-5-9-23-16)22-7-3-4-8-22/h5-6,9,15H,3-4,7-8,11H2,1-2H3,(H,19,21)/t15-/m0/s1. The molecule has 3 heterocycles. The van der Waals surface area contributed by atoms with Gasteiger partial charge in [-0.3, -0.25) is 4.90 Å². The number of rotatable bonds is 5. The molecule has 1 aliphatic heterocycles. The van der Waals surface area contributed by atoms with Crippen LogP contribution in [0, 0.1) is 25.2 Å². The molecule has 0 aliphatic carbocycles. The lowest BCUT2D eigenvalue weighted by Crippen LogP contribution is -2.31. The fourth-order valence-electron chi connectivity index (χ4n) is 3.01. The van der Waals surface area contributed by atoms with Crippen molar-refractivity contribution in [3.05, 3.63) is 41.0 Å². The van der Waals surface area contributed by atoms with Crippen molar-refractivity contribution in [3.8, 4) is 6.07 Å². The lowest BCUT2D eigenvalue weighted by atomic mass is 10.1. The first-order valence-electron chi connectivity index (χ1n) is 7.96. The highest BCUT2D eigenvalue weighted by atomic mass is 16.3. The number of aryl methyl sites for hydroxylation is 1. The third-order valence-electron chi connectivity index (χ3n) is 4.48. The Bertz CT molecular complexity index is 699. The highest BCUT2D eigenvalue weighted by molar-refractivity contribution is 5.55. The van der Waals surface area contributed by atoms with Gasteiger partial charge in [-0.2, -0.15) is 10.4 Å². The summed E-state index contributed by atoms with van der Waals surface area (Å²) in [5.41, 5.74) is 2.23. The number of hydrogen-bond acceptors (Lipinski definition) is 6. The number of nitriles is 1. The molecule has 1 N–H and O–H groups in total. The van der Waals surface area contributed by atoms with Crippen LogP contribution < -0.4 is 5.32 Å². The molecule has 0 radical (unpaired) electrons. The molecule has 0 unspecified atom stereocenters. The molecule has 2 aromatic heterocycles. The van der Waals surface area contributed by atoms with Crippen molar-refractivity contribution in [1.29, 1.82) is 5.26 Å². The van der Waals surface area contributed by atoms with Gasteiger partial charge in [-0.1, -0.05) is 0 Å². The van der Waals surface area contributed by atoms with E-state index in [1.807, 2.05) is 26.0 Å². The maximum absolute atomic E-state index is 9.40. The van der Waals surface area contributed by atoms with Gasteiger partial charge in [-0.25, -0.2) is 0 Å². The molecular formula is C17H21N5O. The highest BCUT2D eigenvalue weighted by Crippen LogP contribution is 2.26. The molecule has 120 valence electrons. The van der Waals surface area contributed by atoms with Crippen LogP contribution in [0.25, 0.3) is 0 Å². The quantitative estimate of drug-likeness (QED) is 0.915. The topological polar surface area (TPSA) is 78.0 Å². The largest absolute Gasteiger partial charge is 0.468 e. The van der Waals surface area contributed by atoms with Crippen LogP contribution in [0.2, 0.25) is 0 Å². The van der Waals surface area contributed by atoms with E-state index in [4.69, 9.17) is 4.42 Å². The van der Waals surface area contributed by atoms with E-state index in [1.165, 1.54) is 12.8 Å². The minimum Gasteiger partial charge on any atom is -0.468 e. The Morgan fingerprint density at radius 1 is 1.35 bits per heavy atom. The lowest BCUT2D eigenvalue weighted by molar-refractivity contribution is 0.225. The van der Waals surface area contributed by atoms with Gasteiger partial charge in [0, 0.05) is 6.54 Å². The van der Waals surface area contributed by atoms with Crippen LogP contribution in [0.3, 0.4) is 0 Å². The summed E-state index contributed by atoms with van der Waals surface area (Å²) in [5, 5.41) is 21.0. The fourth-order valence-corrected chi connectivity index (χ4v) is 3.01. The van der Waals surface area contributed by atoms with Crippen molar-refractivity contribution in [3.63, 3.8) is 0 Å². The zero-order valence-electron chi connectivity index (χ0n) is 13.5. The third-order valence-corrected chi connectivity index (χ3v) is 4.48. The molecule has 0 spiro atoms. The van der Waals surface area contributed by atoms with Gasteiger partial charge >= 0.3 is 0 Å². The van der Waals surface area contributed by atoms with Crippen molar-refractivity contribution < 1.29 is 4.42 Å². The zero-order chi connectivity index (χ0) is 16.2. The van der Waals surface area contributed by atoms with Gasteiger partial charge in [-0.15, -0.1) is 5.10 Å². The minimum atomic E-state index is 0.141. The minimum absolute atomic E-state index is 0.141.